The Morgan fingerprint density at radius 2 is 1.87 bits per heavy atom. The number of ketones is 1. The van der Waals surface area contributed by atoms with Crippen molar-refractivity contribution >= 4 is 40.0 Å². The maximum absolute atomic E-state index is 12.7. The van der Waals surface area contributed by atoms with Crippen LogP contribution in [0.2, 0.25) is 5.02 Å². The number of thioether (sulfide) groups is 1. The Morgan fingerprint density at radius 3 is 2.61 bits per heavy atom. The minimum Gasteiger partial charge on any atom is -0.292 e. The third kappa shape index (κ3) is 3.02. The van der Waals surface area contributed by atoms with Crippen LogP contribution >= 0.6 is 23.4 Å². The van der Waals surface area contributed by atoms with Crippen LogP contribution in [0.25, 0.3) is 10.9 Å². The first-order valence-electron chi connectivity index (χ1n) is 6.93. The zero-order valence-electron chi connectivity index (χ0n) is 12.3. The number of hydrogen-bond acceptors (Lipinski definition) is 4. The number of para-hydroxylation sites is 1. The number of nitrogens with zero attached hydrogens (tertiary/aromatic N) is 2. The SMILES string of the molecule is CSc1nc2ccccc2c(=O)n1CC(=O)c1ccccc1Cl. The van der Waals surface area contributed by atoms with E-state index >= 15 is 0 Å². The topological polar surface area (TPSA) is 52.0 Å². The maximum atomic E-state index is 12.7. The molecular weight excluding hydrogens is 332 g/mol. The van der Waals surface area contributed by atoms with Crippen LogP contribution in [-0.2, 0) is 6.54 Å². The fraction of sp³-hybridized carbons (Fsp3) is 0.118. The molecule has 1 heterocycles. The van der Waals surface area contributed by atoms with Crippen molar-refractivity contribution in [3.05, 3.63) is 69.5 Å². The van der Waals surface area contributed by atoms with Gasteiger partial charge in [0.05, 0.1) is 22.5 Å². The average molecular weight is 345 g/mol. The van der Waals surface area contributed by atoms with Crippen molar-refractivity contribution in [2.45, 2.75) is 11.7 Å². The van der Waals surface area contributed by atoms with Gasteiger partial charge in [-0.15, -0.1) is 0 Å². The first-order valence-corrected chi connectivity index (χ1v) is 8.53. The molecule has 4 nitrogen and oxygen atoms in total. The average Bonchev–Trinajstić information content (AvgIpc) is 2.57. The van der Waals surface area contributed by atoms with Crippen LogP contribution in [0.5, 0.6) is 0 Å². The van der Waals surface area contributed by atoms with Gasteiger partial charge in [-0.1, -0.05) is 47.6 Å². The van der Waals surface area contributed by atoms with Gasteiger partial charge in [0.2, 0.25) is 0 Å². The normalized spacial score (nSPS) is 10.9. The molecule has 3 aromatic rings. The molecule has 0 aliphatic rings. The summed E-state index contributed by atoms with van der Waals surface area (Å²) in [7, 11) is 0. The molecule has 0 amide bonds. The van der Waals surface area contributed by atoms with Crippen LogP contribution in [0, 0.1) is 0 Å². The molecule has 0 spiro atoms. The number of aromatic nitrogens is 2. The van der Waals surface area contributed by atoms with Gasteiger partial charge in [-0.2, -0.15) is 0 Å². The summed E-state index contributed by atoms with van der Waals surface area (Å²) < 4.78 is 1.40. The molecule has 2 aromatic carbocycles. The highest BCUT2D eigenvalue weighted by molar-refractivity contribution is 7.98. The summed E-state index contributed by atoms with van der Waals surface area (Å²) in [6, 6.07) is 13.9. The standard InChI is InChI=1S/C17H13ClN2O2S/c1-23-17-19-14-9-5-3-7-12(14)16(22)20(17)10-15(21)11-6-2-4-8-13(11)18/h2-9H,10H2,1H3. The van der Waals surface area contributed by atoms with Gasteiger partial charge in [0, 0.05) is 5.56 Å². The number of benzene rings is 2. The first kappa shape index (κ1) is 15.8. The third-order valence-electron chi connectivity index (χ3n) is 3.49. The van der Waals surface area contributed by atoms with Crippen LogP contribution < -0.4 is 5.56 Å². The molecule has 0 aliphatic carbocycles. The molecular formula is C17H13ClN2O2S. The highest BCUT2D eigenvalue weighted by atomic mass is 35.5. The van der Waals surface area contributed by atoms with Crippen molar-refractivity contribution in [3.63, 3.8) is 0 Å². The van der Waals surface area contributed by atoms with Crippen LogP contribution in [-0.4, -0.2) is 21.6 Å². The Hall–Kier alpha value is -2.11. The molecule has 1 aromatic heterocycles. The van der Waals surface area contributed by atoms with E-state index in [-0.39, 0.29) is 17.9 Å². The number of hydrogen-bond donors (Lipinski definition) is 0. The fourth-order valence-electron chi connectivity index (χ4n) is 2.36. The highest BCUT2D eigenvalue weighted by Crippen LogP contribution is 2.19. The molecule has 23 heavy (non-hydrogen) atoms. The predicted octanol–water partition coefficient (Wildman–Crippen LogP) is 3.65. The largest absolute Gasteiger partial charge is 0.292 e. The number of carbonyl (C=O) groups excluding carboxylic acids is 1. The molecule has 0 saturated carbocycles. The molecule has 0 aliphatic heterocycles. The summed E-state index contributed by atoms with van der Waals surface area (Å²) in [4.78, 5) is 29.7. The second-order valence-corrected chi connectivity index (χ2v) is 6.09. The van der Waals surface area contributed by atoms with Gasteiger partial charge in [0.1, 0.15) is 0 Å². The smallest absolute Gasteiger partial charge is 0.262 e. The fourth-order valence-corrected chi connectivity index (χ4v) is 3.16. The minimum atomic E-state index is -0.222. The van der Waals surface area contributed by atoms with E-state index in [2.05, 4.69) is 4.98 Å². The molecule has 3 rings (SSSR count). The lowest BCUT2D eigenvalue weighted by Crippen LogP contribution is -2.27. The summed E-state index contributed by atoms with van der Waals surface area (Å²) in [5.41, 5.74) is 0.810. The van der Waals surface area contributed by atoms with Crippen molar-refractivity contribution in [3.8, 4) is 0 Å². The molecule has 0 N–H and O–H groups in total. The second kappa shape index (κ2) is 6.56. The summed E-state index contributed by atoms with van der Waals surface area (Å²) in [6.45, 7) is -0.0867. The van der Waals surface area contributed by atoms with E-state index in [0.29, 0.717) is 26.6 Å². The van der Waals surface area contributed by atoms with Gasteiger partial charge in [-0.05, 0) is 30.5 Å². The van der Waals surface area contributed by atoms with Crippen molar-refractivity contribution in [1.82, 2.24) is 9.55 Å². The van der Waals surface area contributed by atoms with Gasteiger partial charge < -0.3 is 0 Å². The highest BCUT2D eigenvalue weighted by Gasteiger charge is 2.16. The minimum absolute atomic E-state index is 0.0867. The van der Waals surface area contributed by atoms with E-state index in [9.17, 15) is 9.59 Å². The Morgan fingerprint density at radius 1 is 1.17 bits per heavy atom. The van der Waals surface area contributed by atoms with E-state index in [4.69, 9.17) is 11.6 Å². The van der Waals surface area contributed by atoms with Gasteiger partial charge in [-0.25, -0.2) is 4.98 Å². The van der Waals surface area contributed by atoms with Gasteiger partial charge in [0.25, 0.3) is 5.56 Å². The van der Waals surface area contributed by atoms with E-state index in [1.807, 2.05) is 12.3 Å². The second-order valence-electron chi connectivity index (χ2n) is 4.91. The molecule has 6 heteroatoms. The monoisotopic (exact) mass is 344 g/mol. The Balaban J connectivity index is 2.09. The zero-order chi connectivity index (χ0) is 16.4. The first-order chi connectivity index (χ1) is 11.1. The van der Waals surface area contributed by atoms with Gasteiger partial charge in [0.15, 0.2) is 10.9 Å². The van der Waals surface area contributed by atoms with Crippen molar-refractivity contribution < 1.29 is 4.79 Å². The number of Topliss-reactive ketones (excluding diaryl/α,β-unsaturated/α-hetero) is 1. The quantitative estimate of drug-likeness (QED) is 0.412. The lowest BCUT2D eigenvalue weighted by Gasteiger charge is -2.11. The van der Waals surface area contributed by atoms with E-state index in [0.717, 1.165) is 0 Å². The predicted molar refractivity (Wildman–Crippen MR) is 93.6 cm³/mol. The zero-order valence-corrected chi connectivity index (χ0v) is 13.9. The Labute approximate surface area is 142 Å². The molecule has 0 radical (unpaired) electrons. The van der Waals surface area contributed by atoms with Crippen molar-refractivity contribution in [2.75, 3.05) is 6.26 Å². The molecule has 0 atom stereocenters. The summed E-state index contributed by atoms with van der Waals surface area (Å²) in [6.07, 6.45) is 1.83. The number of halogens is 1. The summed E-state index contributed by atoms with van der Waals surface area (Å²) in [5.74, 6) is -0.218. The lowest BCUT2D eigenvalue weighted by molar-refractivity contribution is 0.0967. The molecule has 0 unspecified atom stereocenters. The molecule has 0 saturated heterocycles. The number of fused-ring (bicyclic) bond motifs is 1. The van der Waals surface area contributed by atoms with Crippen LogP contribution in [0.4, 0.5) is 0 Å². The van der Waals surface area contributed by atoms with Crippen LogP contribution in [0.15, 0.2) is 58.5 Å². The van der Waals surface area contributed by atoms with Gasteiger partial charge in [-0.3, -0.25) is 14.2 Å². The maximum Gasteiger partial charge on any atom is 0.262 e. The Kier molecular flexibility index (Phi) is 4.50. The van der Waals surface area contributed by atoms with E-state index < -0.39 is 0 Å². The molecule has 116 valence electrons. The lowest BCUT2D eigenvalue weighted by atomic mass is 10.1. The van der Waals surface area contributed by atoms with E-state index in [1.54, 1.807) is 42.5 Å². The summed E-state index contributed by atoms with van der Waals surface area (Å²) >= 11 is 7.40. The van der Waals surface area contributed by atoms with Crippen LogP contribution in [0.3, 0.4) is 0 Å². The summed E-state index contributed by atoms with van der Waals surface area (Å²) in [5, 5.41) is 1.39. The Bertz CT molecular complexity index is 953. The number of rotatable bonds is 4. The number of carbonyl (C=O) groups is 1. The van der Waals surface area contributed by atoms with Crippen molar-refractivity contribution in [1.29, 1.82) is 0 Å². The third-order valence-corrected chi connectivity index (χ3v) is 4.49. The van der Waals surface area contributed by atoms with Crippen molar-refractivity contribution in [2.24, 2.45) is 0 Å². The van der Waals surface area contributed by atoms with Crippen LogP contribution in [0.1, 0.15) is 10.4 Å². The van der Waals surface area contributed by atoms with E-state index in [1.165, 1.54) is 16.3 Å². The molecule has 0 bridgehead atoms. The van der Waals surface area contributed by atoms with Gasteiger partial charge >= 0.3 is 0 Å². The molecule has 0 fully saturated rings.